The maximum absolute atomic E-state index is 6.46. The van der Waals surface area contributed by atoms with Gasteiger partial charge >= 0.3 is 0 Å². The highest BCUT2D eigenvalue weighted by Crippen LogP contribution is 2.37. The predicted molar refractivity (Wildman–Crippen MR) is 78.0 cm³/mol. The van der Waals surface area contributed by atoms with Crippen LogP contribution in [0.5, 0.6) is 0 Å². The van der Waals surface area contributed by atoms with Gasteiger partial charge in [0.1, 0.15) is 0 Å². The van der Waals surface area contributed by atoms with Crippen LogP contribution in [0.3, 0.4) is 0 Å². The summed E-state index contributed by atoms with van der Waals surface area (Å²) in [4.78, 5) is 4.53. The van der Waals surface area contributed by atoms with Gasteiger partial charge < -0.3 is 10.3 Å². The molecule has 3 rings (SSSR count). The molecular formula is C16H21N3O. The highest BCUT2D eigenvalue weighted by Gasteiger charge is 2.37. The van der Waals surface area contributed by atoms with E-state index in [4.69, 9.17) is 10.3 Å². The van der Waals surface area contributed by atoms with Crippen molar-refractivity contribution in [3.8, 4) is 11.4 Å². The van der Waals surface area contributed by atoms with Crippen LogP contribution in [-0.2, 0) is 5.54 Å². The van der Waals surface area contributed by atoms with E-state index in [9.17, 15) is 0 Å². The fourth-order valence-corrected chi connectivity index (χ4v) is 2.74. The molecule has 0 radical (unpaired) electrons. The van der Waals surface area contributed by atoms with E-state index in [-0.39, 0.29) is 0 Å². The van der Waals surface area contributed by atoms with Gasteiger partial charge in [-0.05, 0) is 38.5 Å². The Hall–Kier alpha value is -1.68. The molecule has 1 aliphatic rings. The summed E-state index contributed by atoms with van der Waals surface area (Å²) in [5, 5.41) is 4.09. The SMILES string of the molecule is Cc1ccc(-c2noc(C3(N)CCC(C)CC3)n2)cc1. The fourth-order valence-electron chi connectivity index (χ4n) is 2.74. The molecule has 1 aliphatic carbocycles. The molecule has 4 heteroatoms. The maximum Gasteiger partial charge on any atom is 0.247 e. The number of rotatable bonds is 2. The second kappa shape index (κ2) is 5.02. The third kappa shape index (κ3) is 2.48. The van der Waals surface area contributed by atoms with Crippen molar-refractivity contribution in [1.82, 2.24) is 10.1 Å². The summed E-state index contributed by atoms with van der Waals surface area (Å²) in [6, 6.07) is 8.12. The zero-order chi connectivity index (χ0) is 14.2. The van der Waals surface area contributed by atoms with E-state index in [1.54, 1.807) is 0 Å². The van der Waals surface area contributed by atoms with Gasteiger partial charge in [0.05, 0.1) is 5.54 Å². The van der Waals surface area contributed by atoms with Crippen molar-refractivity contribution in [2.24, 2.45) is 11.7 Å². The molecule has 4 nitrogen and oxygen atoms in total. The lowest BCUT2D eigenvalue weighted by atomic mass is 9.78. The summed E-state index contributed by atoms with van der Waals surface area (Å²) in [5.74, 6) is 1.95. The molecule has 1 saturated carbocycles. The van der Waals surface area contributed by atoms with E-state index in [1.807, 2.05) is 24.3 Å². The number of hydrogen-bond donors (Lipinski definition) is 1. The van der Waals surface area contributed by atoms with Gasteiger partial charge in [0.2, 0.25) is 11.7 Å². The smallest absolute Gasteiger partial charge is 0.247 e. The minimum Gasteiger partial charge on any atom is -0.337 e. The van der Waals surface area contributed by atoms with E-state index in [2.05, 4.69) is 24.0 Å². The lowest BCUT2D eigenvalue weighted by Crippen LogP contribution is -2.40. The normalized spacial score (nSPS) is 26.6. The Bertz CT molecular complexity index is 580. The number of benzene rings is 1. The number of aromatic nitrogens is 2. The Balaban J connectivity index is 1.85. The van der Waals surface area contributed by atoms with Crippen LogP contribution in [0.2, 0.25) is 0 Å². The Labute approximate surface area is 119 Å². The van der Waals surface area contributed by atoms with Crippen LogP contribution in [0.15, 0.2) is 28.8 Å². The number of aryl methyl sites for hydroxylation is 1. The van der Waals surface area contributed by atoms with E-state index in [0.717, 1.165) is 37.2 Å². The summed E-state index contributed by atoms with van der Waals surface area (Å²) in [6.07, 6.45) is 4.09. The standard InChI is InChI=1S/C16H21N3O/c1-11-3-5-13(6-4-11)14-18-15(20-19-14)16(17)9-7-12(2)8-10-16/h3-6,12H,7-10,17H2,1-2H3. The van der Waals surface area contributed by atoms with Crippen LogP contribution in [0, 0.1) is 12.8 Å². The van der Waals surface area contributed by atoms with Crippen molar-refractivity contribution >= 4 is 0 Å². The first-order chi connectivity index (χ1) is 9.57. The molecule has 2 aromatic rings. The van der Waals surface area contributed by atoms with Crippen LogP contribution < -0.4 is 5.73 Å². The van der Waals surface area contributed by atoms with Gasteiger partial charge in [0.25, 0.3) is 0 Å². The topological polar surface area (TPSA) is 64.9 Å². The monoisotopic (exact) mass is 271 g/mol. The molecule has 0 unspecified atom stereocenters. The molecule has 106 valence electrons. The summed E-state index contributed by atoms with van der Waals surface area (Å²) < 4.78 is 5.44. The number of nitrogens with zero attached hydrogens (tertiary/aromatic N) is 2. The molecule has 0 amide bonds. The average molecular weight is 271 g/mol. The summed E-state index contributed by atoms with van der Waals surface area (Å²) >= 11 is 0. The number of nitrogens with two attached hydrogens (primary N) is 1. The van der Waals surface area contributed by atoms with Crippen LogP contribution in [0.4, 0.5) is 0 Å². The molecule has 0 spiro atoms. The second-order valence-electron chi connectivity index (χ2n) is 6.13. The lowest BCUT2D eigenvalue weighted by molar-refractivity contribution is 0.190. The zero-order valence-corrected chi connectivity index (χ0v) is 12.1. The molecule has 0 saturated heterocycles. The summed E-state index contributed by atoms with van der Waals surface area (Å²) in [5.41, 5.74) is 8.21. The molecule has 1 heterocycles. The molecule has 20 heavy (non-hydrogen) atoms. The fraction of sp³-hybridized carbons (Fsp3) is 0.500. The summed E-state index contributed by atoms with van der Waals surface area (Å²) in [6.45, 7) is 4.33. The van der Waals surface area contributed by atoms with Crippen molar-refractivity contribution in [2.45, 2.75) is 45.1 Å². The van der Waals surface area contributed by atoms with E-state index >= 15 is 0 Å². The van der Waals surface area contributed by atoms with Gasteiger partial charge in [0, 0.05) is 5.56 Å². The van der Waals surface area contributed by atoms with Crippen molar-refractivity contribution in [1.29, 1.82) is 0 Å². The van der Waals surface area contributed by atoms with Gasteiger partial charge in [-0.15, -0.1) is 0 Å². The van der Waals surface area contributed by atoms with Gasteiger partial charge in [0.15, 0.2) is 0 Å². The third-order valence-corrected chi connectivity index (χ3v) is 4.33. The minimum atomic E-state index is -0.442. The quantitative estimate of drug-likeness (QED) is 0.909. The average Bonchev–Trinajstić information content (AvgIpc) is 2.94. The highest BCUT2D eigenvalue weighted by atomic mass is 16.5. The molecule has 2 N–H and O–H groups in total. The Morgan fingerprint density at radius 3 is 2.50 bits per heavy atom. The first-order valence-corrected chi connectivity index (χ1v) is 7.27. The third-order valence-electron chi connectivity index (χ3n) is 4.33. The molecular weight excluding hydrogens is 250 g/mol. The minimum absolute atomic E-state index is 0.442. The summed E-state index contributed by atoms with van der Waals surface area (Å²) in [7, 11) is 0. The van der Waals surface area contributed by atoms with Crippen molar-refractivity contribution in [3.05, 3.63) is 35.7 Å². The molecule has 0 atom stereocenters. The highest BCUT2D eigenvalue weighted by molar-refractivity contribution is 5.54. The van der Waals surface area contributed by atoms with Crippen LogP contribution in [0.1, 0.15) is 44.1 Å². The van der Waals surface area contributed by atoms with Crippen molar-refractivity contribution in [3.63, 3.8) is 0 Å². The van der Waals surface area contributed by atoms with Gasteiger partial charge in [-0.2, -0.15) is 4.98 Å². The Kier molecular flexibility index (Phi) is 3.34. The van der Waals surface area contributed by atoms with Crippen molar-refractivity contribution in [2.75, 3.05) is 0 Å². The van der Waals surface area contributed by atoms with Gasteiger partial charge in [-0.25, -0.2) is 0 Å². The first-order valence-electron chi connectivity index (χ1n) is 7.27. The Morgan fingerprint density at radius 1 is 1.20 bits per heavy atom. The van der Waals surface area contributed by atoms with E-state index < -0.39 is 5.54 Å². The molecule has 1 fully saturated rings. The second-order valence-corrected chi connectivity index (χ2v) is 6.13. The van der Waals surface area contributed by atoms with E-state index in [1.165, 1.54) is 5.56 Å². The molecule has 0 aliphatic heterocycles. The van der Waals surface area contributed by atoms with Crippen LogP contribution >= 0.6 is 0 Å². The van der Waals surface area contributed by atoms with Gasteiger partial charge in [-0.1, -0.05) is 41.9 Å². The van der Waals surface area contributed by atoms with Gasteiger partial charge in [-0.3, -0.25) is 0 Å². The van der Waals surface area contributed by atoms with Crippen LogP contribution in [-0.4, -0.2) is 10.1 Å². The predicted octanol–water partition coefficient (Wildman–Crippen LogP) is 3.41. The first kappa shape index (κ1) is 13.3. The maximum atomic E-state index is 6.46. The Morgan fingerprint density at radius 2 is 1.85 bits per heavy atom. The van der Waals surface area contributed by atoms with E-state index in [0.29, 0.717) is 11.7 Å². The van der Waals surface area contributed by atoms with Crippen LogP contribution in [0.25, 0.3) is 11.4 Å². The largest absolute Gasteiger partial charge is 0.337 e. The molecule has 1 aromatic carbocycles. The molecule has 1 aromatic heterocycles. The zero-order valence-electron chi connectivity index (χ0n) is 12.1. The number of hydrogen-bond acceptors (Lipinski definition) is 4. The van der Waals surface area contributed by atoms with Crippen molar-refractivity contribution < 1.29 is 4.52 Å². The molecule has 0 bridgehead atoms. The lowest BCUT2D eigenvalue weighted by Gasteiger charge is -2.32.